The van der Waals surface area contributed by atoms with Crippen molar-refractivity contribution in [3.8, 4) is 11.5 Å². The molecule has 2 aromatic carbocycles. The molecule has 7 heteroatoms. The van der Waals surface area contributed by atoms with Gasteiger partial charge >= 0.3 is 6.18 Å². The average molecular weight is 485 g/mol. The van der Waals surface area contributed by atoms with Crippen LogP contribution in [0.2, 0.25) is 0 Å². The molecule has 0 atom stereocenters. The third-order valence-corrected chi connectivity index (χ3v) is 4.35. The molecule has 1 aliphatic rings. The van der Waals surface area contributed by atoms with Crippen molar-refractivity contribution in [2.24, 2.45) is 7.05 Å². The van der Waals surface area contributed by atoms with Gasteiger partial charge in [0.15, 0.2) is 17.7 Å². The Morgan fingerprint density at radius 2 is 1.63 bits per heavy atom. The highest BCUT2D eigenvalue weighted by Gasteiger charge is 2.29. The van der Waals surface area contributed by atoms with Crippen LogP contribution >= 0.6 is 0 Å². The molecule has 0 bridgehead atoms. The number of benzene rings is 2. The summed E-state index contributed by atoms with van der Waals surface area (Å²) in [5.74, 6) is 1.40. The molecular formula is C20H15F3INO2. The van der Waals surface area contributed by atoms with Gasteiger partial charge in [0, 0.05) is 12.1 Å². The highest BCUT2D eigenvalue weighted by atomic mass is 127. The zero-order valence-electron chi connectivity index (χ0n) is 14.3. The second-order valence-electron chi connectivity index (χ2n) is 6.06. The van der Waals surface area contributed by atoms with Crippen LogP contribution in [0.4, 0.5) is 13.2 Å². The first-order valence-electron chi connectivity index (χ1n) is 7.99. The molecule has 140 valence electrons. The van der Waals surface area contributed by atoms with Crippen molar-refractivity contribution in [1.29, 1.82) is 0 Å². The van der Waals surface area contributed by atoms with Gasteiger partial charge in [-0.25, -0.2) is 4.57 Å². The largest absolute Gasteiger partial charge is 1.00 e. The maximum absolute atomic E-state index is 12.7. The fraction of sp³-hybridized carbons (Fsp3) is 0.150. The number of alkyl halides is 3. The van der Waals surface area contributed by atoms with E-state index < -0.39 is 11.7 Å². The Kier molecular flexibility index (Phi) is 5.32. The van der Waals surface area contributed by atoms with E-state index in [2.05, 4.69) is 0 Å². The first-order valence-corrected chi connectivity index (χ1v) is 7.99. The molecule has 4 rings (SSSR count). The van der Waals surface area contributed by atoms with E-state index in [0.29, 0.717) is 17.1 Å². The molecule has 0 unspecified atom stereocenters. The molecule has 2 heterocycles. The third-order valence-electron chi connectivity index (χ3n) is 4.35. The summed E-state index contributed by atoms with van der Waals surface area (Å²) in [5, 5.41) is 1.97. The van der Waals surface area contributed by atoms with Crippen LogP contribution in [-0.4, -0.2) is 6.79 Å². The number of ether oxygens (including phenoxy) is 2. The van der Waals surface area contributed by atoms with Crippen LogP contribution in [0.1, 0.15) is 16.8 Å². The van der Waals surface area contributed by atoms with Gasteiger partial charge in [-0.3, -0.25) is 0 Å². The summed E-state index contributed by atoms with van der Waals surface area (Å²) < 4.78 is 50.8. The lowest BCUT2D eigenvalue weighted by atomic mass is 10.1. The number of nitrogens with zero attached hydrogens (tertiary/aromatic N) is 1. The second-order valence-corrected chi connectivity index (χ2v) is 6.06. The maximum atomic E-state index is 12.7. The van der Waals surface area contributed by atoms with Crippen LogP contribution in [0.25, 0.3) is 22.9 Å². The monoisotopic (exact) mass is 485 g/mol. The minimum absolute atomic E-state index is 0. The van der Waals surface area contributed by atoms with E-state index in [1.165, 1.54) is 12.1 Å². The van der Waals surface area contributed by atoms with Crippen LogP contribution < -0.4 is 38.0 Å². The van der Waals surface area contributed by atoms with Gasteiger partial charge in [-0.1, -0.05) is 12.1 Å². The zero-order valence-corrected chi connectivity index (χ0v) is 16.4. The third kappa shape index (κ3) is 3.87. The van der Waals surface area contributed by atoms with Gasteiger partial charge in [0.05, 0.1) is 10.9 Å². The minimum atomic E-state index is -4.33. The average Bonchev–Trinajstić information content (AvgIpc) is 3.06. The van der Waals surface area contributed by atoms with Gasteiger partial charge in [0.2, 0.25) is 12.5 Å². The lowest BCUT2D eigenvalue weighted by Crippen LogP contribution is -3.00. The van der Waals surface area contributed by atoms with Gasteiger partial charge in [0.25, 0.3) is 0 Å². The molecular weight excluding hydrogens is 470 g/mol. The van der Waals surface area contributed by atoms with E-state index in [-0.39, 0.29) is 30.8 Å². The summed E-state index contributed by atoms with van der Waals surface area (Å²) in [5.41, 5.74) is 0.953. The second kappa shape index (κ2) is 7.38. The van der Waals surface area contributed by atoms with Crippen molar-refractivity contribution in [1.82, 2.24) is 0 Å². The van der Waals surface area contributed by atoms with Crippen LogP contribution in [0.3, 0.4) is 0 Å². The summed E-state index contributed by atoms with van der Waals surface area (Å²) in [6, 6.07) is 10.9. The van der Waals surface area contributed by atoms with Crippen molar-refractivity contribution in [3.05, 3.63) is 65.5 Å². The molecule has 1 aromatic heterocycles. The maximum Gasteiger partial charge on any atom is 0.416 e. The van der Waals surface area contributed by atoms with E-state index in [1.54, 1.807) is 6.08 Å². The first kappa shape index (κ1) is 19.5. The minimum Gasteiger partial charge on any atom is -1.00 e. The lowest BCUT2D eigenvalue weighted by Gasteiger charge is -2.06. The van der Waals surface area contributed by atoms with Gasteiger partial charge in [-0.05, 0) is 41.3 Å². The molecule has 1 aliphatic heterocycles. The van der Waals surface area contributed by atoms with Crippen molar-refractivity contribution in [2.45, 2.75) is 6.18 Å². The molecule has 0 saturated heterocycles. The SMILES string of the molecule is C[n+]1ccc2cc3c(cc2c1/C=C/c1ccc(C(F)(F)F)cc1)OCO3.[I-]. The Morgan fingerprint density at radius 3 is 2.30 bits per heavy atom. The molecule has 0 fully saturated rings. The Labute approximate surface area is 171 Å². The molecule has 0 spiro atoms. The first-order chi connectivity index (χ1) is 12.4. The zero-order chi connectivity index (χ0) is 18.3. The topological polar surface area (TPSA) is 22.3 Å². The van der Waals surface area contributed by atoms with Crippen molar-refractivity contribution in [3.63, 3.8) is 0 Å². The van der Waals surface area contributed by atoms with Crippen molar-refractivity contribution in [2.75, 3.05) is 6.79 Å². The summed E-state index contributed by atoms with van der Waals surface area (Å²) >= 11 is 0. The number of aromatic nitrogens is 1. The summed E-state index contributed by atoms with van der Waals surface area (Å²) in [6.07, 6.45) is 1.27. The van der Waals surface area contributed by atoms with E-state index in [9.17, 15) is 13.2 Å². The smallest absolute Gasteiger partial charge is 0.416 e. The quantitative estimate of drug-likeness (QED) is 0.407. The van der Waals surface area contributed by atoms with E-state index in [4.69, 9.17) is 9.47 Å². The summed E-state index contributed by atoms with van der Waals surface area (Å²) in [4.78, 5) is 0. The number of hydrogen-bond acceptors (Lipinski definition) is 2. The summed E-state index contributed by atoms with van der Waals surface area (Å²) in [6.45, 7) is 0.203. The number of fused-ring (bicyclic) bond motifs is 2. The van der Waals surface area contributed by atoms with E-state index in [0.717, 1.165) is 28.6 Å². The van der Waals surface area contributed by atoms with Gasteiger partial charge in [0.1, 0.15) is 7.05 Å². The van der Waals surface area contributed by atoms with Gasteiger partial charge < -0.3 is 33.5 Å². The Morgan fingerprint density at radius 1 is 0.963 bits per heavy atom. The highest BCUT2D eigenvalue weighted by molar-refractivity contribution is 5.92. The van der Waals surface area contributed by atoms with Crippen molar-refractivity contribution >= 4 is 22.9 Å². The number of rotatable bonds is 2. The van der Waals surface area contributed by atoms with E-state index in [1.807, 2.05) is 42.1 Å². The molecule has 3 nitrogen and oxygen atoms in total. The molecule has 0 aliphatic carbocycles. The number of pyridine rings is 1. The number of aryl methyl sites for hydroxylation is 1. The molecule has 0 N–H and O–H groups in total. The Bertz CT molecular complexity index is 1010. The van der Waals surface area contributed by atoms with Gasteiger partial charge in [-0.15, -0.1) is 0 Å². The molecule has 3 aromatic rings. The highest BCUT2D eigenvalue weighted by Crippen LogP contribution is 2.36. The Hall–Kier alpha value is -2.29. The standard InChI is InChI=1S/C20H15F3NO2.HI/c1-24-9-8-14-10-18-19(26-12-25-18)11-16(14)17(24)7-4-13-2-5-15(6-3-13)20(21,22)23;/h2-11H,12H2,1H3;1H/q+1;/p-1/b7-4+;. The fourth-order valence-electron chi connectivity index (χ4n) is 2.95. The predicted octanol–water partition coefficient (Wildman–Crippen LogP) is 1.59. The Balaban J connectivity index is 0.00000210. The van der Waals surface area contributed by atoms with E-state index >= 15 is 0 Å². The van der Waals surface area contributed by atoms with Crippen LogP contribution in [0.5, 0.6) is 11.5 Å². The molecule has 27 heavy (non-hydrogen) atoms. The number of halogens is 4. The van der Waals surface area contributed by atoms with Crippen LogP contribution in [0.15, 0.2) is 48.7 Å². The normalized spacial score (nSPS) is 13.2. The van der Waals surface area contributed by atoms with Gasteiger partial charge in [-0.2, -0.15) is 13.2 Å². The molecule has 0 radical (unpaired) electrons. The summed E-state index contributed by atoms with van der Waals surface area (Å²) in [7, 11) is 1.91. The lowest BCUT2D eigenvalue weighted by molar-refractivity contribution is -0.671. The molecule has 0 amide bonds. The van der Waals surface area contributed by atoms with Crippen molar-refractivity contribution < 1.29 is 51.2 Å². The van der Waals surface area contributed by atoms with Crippen LogP contribution in [-0.2, 0) is 13.2 Å². The predicted molar refractivity (Wildman–Crippen MR) is 91.6 cm³/mol. The van der Waals surface area contributed by atoms with Crippen LogP contribution in [0, 0.1) is 0 Å². The fourth-order valence-corrected chi connectivity index (χ4v) is 2.95. The number of hydrogen-bond donors (Lipinski definition) is 0. The molecule has 0 saturated carbocycles.